The first-order valence-corrected chi connectivity index (χ1v) is 10.6. The highest BCUT2D eigenvalue weighted by Gasteiger charge is 2.15. The Morgan fingerprint density at radius 1 is 0.852 bits per heavy atom. The summed E-state index contributed by atoms with van der Waals surface area (Å²) in [4.78, 5) is 0.144. The third-order valence-electron chi connectivity index (χ3n) is 3.92. The van der Waals surface area contributed by atoms with Gasteiger partial charge in [0.2, 0.25) is 0 Å². The minimum atomic E-state index is -3.81. The Bertz CT molecular complexity index is 1000. The Morgan fingerprint density at radius 3 is 2.26 bits per heavy atom. The van der Waals surface area contributed by atoms with Crippen LogP contribution in [0, 0.1) is 6.92 Å². The summed E-state index contributed by atoms with van der Waals surface area (Å²) in [6.45, 7) is 2.26. The average Bonchev–Trinajstić information content (AvgIpc) is 2.67. The minimum Gasteiger partial charge on any atom is -0.488 e. The normalized spacial score (nSPS) is 11.3. The molecule has 3 aromatic rings. The van der Waals surface area contributed by atoms with E-state index in [0.29, 0.717) is 17.9 Å². The summed E-state index contributed by atoms with van der Waals surface area (Å²) in [7, 11) is -3.81. The van der Waals surface area contributed by atoms with E-state index in [1.807, 2.05) is 43.3 Å². The van der Waals surface area contributed by atoms with E-state index >= 15 is 0 Å². The number of hydrogen-bond acceptors (Lipinski definition) is 4. The molecular formula is C21H19BrO4S. The highest BCUT2D eigenvalue weighted by atomic mass is 79.9. The molecule has 4 nitrogen and oxygen atoms in total. The fraction of sp³-hybridized carbons (Fsp3) is 0.143. The van der Waals surface area contributed by atoms with Gasteiger partial charge in [0.25, 0.3) is 10.1 Å². The molecule has 0 saturated carbocycles. The average molecular weight is 447 g/mol. The smallest absolute Gasteiger partial charge is 0.297 e. The molecule has 0 heterocycles. The zero-order valence-corrected chi connectivity index (χ0v) is 17.2. The van der Waals surface area contributed by atoms with Gasteiger partial charge in [0, 0.05) is 0 Å². The number of ether oxygens (including phenoxy) is 1. The van der Waals surface area contributed by atoms with Crippen molar-refractivity contribution in [3.63, 3.8) is 0 Å². The Hall–Kier alpha value is -2.15. The highest BCUT2D eigenvalue weighted by molar-refractivity contribution is 9.10. The Morgan fingerprint density at radius 2 is 1.56 bits per heavy atom. The van der Waals surface area contributed by atoms with Crippen molar-refractivity contribution in [2.75, 3.05) is 0 Å². The fourth-order valence-corrected chi connectivity index (χ4v) is 3.66. The van der Waals surface area contributed by atoms with E-state index in [9.17, 15) is 8.42 Å². The molecule has 0 amide bonds. The zero-order valence-electron chi connectivity index (χ0n) is 14.8. The monoisotopic (exact) mass is 446 g/mol. The van der Waals surface area contributed by atoms with Crippen molar-refractivity contribution in [2.45, 2.75) is 25.0 Å². The molecule has 0 unspecified atom stereocenters. The predicted molar refractivity (Wildman–Crippen MR) is 108 cm³/mol. The van der Waals surface area contributed by atoms with Crippen molar-refractivity contribution in [2.24, 2.45) is 0 Å². The van der Waals surface area contributed by atoms with E-state index in [1.165, 1.54) is 0 Å². The molecule has 0 aliphatic heterocycles. The van der Waals surface area contributed by atoms with Crippen LogP contribution in [-0.2, 0) is 27.5 Å². The van der Waals surface area contributed by atoms with Crippen molar-refractivity contribution < 1.29 is 17.3 Å². The molecular weight excluding hydrogens is 428 g/mol. The van der Waals surface area contributed by atoms with Gasteiger partial charge in [0.15, 0.2) is 0 Å². The SMILES string of the molecule is Cc1ccc(S(=O)(=O)OCc2ccc(Br)c(OCc3ccccc3)c2)cc1. The lowest BCUT2D eigenvalue weighted by atomic mass is 10.2. The Labute approximate surface area is 168 Å². The molecule has 0 aliphatic rings. The third-order valence-corrected chi connectivity index (χ3v) is 5.86. The molecule has 3 aromatic carbocycles. The molecule has 6 heteroatoms. The zero-order chi connectivity index (χ0) is 19.3. The number of benzene rings is 3. The van der Waals surface area contributed by atoms with Gasteiger partial charge >= 0.3 is 0 Å². The molecule has 0 aromatic heterocycles. The first-order chi connectivity index (χ1) is 12.9. The largest absolute Gasteiger partial charge is 0.488 e. The van der Waals surface area contributed by atoms with Gasteiger partial charge in [0.05, 0.1) is 16.0 Å². The summed E-state index contributed by atoms with van der Waals surface area (Å²) in [5, 5.41) is 0. The first-order valence-electron chi connectivity index (χ1n) is 8.35. The molecule has 0 radical (unpaired) electrons. The van der Waals surface area contributed by atoms with Gasteiger partial charge in [0.1, 0.15) is 12.4 Å². The number of halogens is 1. The summed E-state index contributed by atoms with van der Waals surface area (Å²) < 4.78 is 36.5. The number of hydrogen-bond donors (Lipinski definition) is 0. The topological polar surface area (TPSA) is 52.6 Å². The first kappa shape index (κ1) is 19.6. The maximum atomic E-state index is 12.3. The minimum absolute atomic E-state index is 0.0643. The van der Waals surface area contributed by atoms with Crippen LogP contribution >= 0.6 is 15.9 Å². The molecule has 0 atom stereocenters. The summed E-state index contributed by atoms with van der Waals surface area (Å²) in [6, 6.07) is 21.8. The molecule has 0 N–H and O–H groups in total. The van der Waals surface area contributed by atoms with E-state index in [-0.39, 0.29) is 11.5 Å². The summed E-state index contributed by atoms with van der Waals surface area (Å²) in [6.07, 6.45) is 0. The lowest BCUT2D eigenvalue weighted by molar-refractivity contribution is 0.295. The van der Waals surface area contributed by atoms with E-state index in [4.69, 9.17) is 8.92 Å². The van der Waals surface area contributed by atoms with Gasteiger partial charge in [-0.3, -0.25) is 4.18 Å². The molecule has 140 valence electrons. The number of rotatable bonds is 7. The van der Waals surface area contributed by atoms with Crippen molar-refractivity contribution >= 4 is 26.0 Å². The molecule has 0 fully saturated rings. The summed E-state index contributed by atoms with van der Waals surface area (Å²) in [5.41, 5.74) is 2.74. The van der Waals surface area contributed by atoms with Gasteiger partial charge in [-0.05, 0) is 58.2 Å². The second-order valence-corrected chi connectivity index (χ2v) is 8.54. The standard InChI is InChI=1S/C21H19BrO4S/c1-16-7-10-19(11-8-16)27(23,24)26-15-18-9-12-20(22)21(13-18)25-14-17-5-3-2-4-6-17/h2-13H,14-15H2,1H3. The van der Waals surface area contributed by atoms with Gasteiger partial charge in [-0.2, -0.15) is 8.42 Å². The van der Waals surface area contributed by atoms with E-state index in [1.54, 1.807) is 36.4 Å². The van der Waals surface area contributed by atoms with Crippen LogP contribution in [0.1, 0.15) is 16.7 Å². The van der Waals surface area contributed by atoms with Crippen LogP contribution in [0.3, 0.4) is 0 Å². The quantitative estimate of drug-likeness (QED) is 0.465. The molecule has 0 saturated heterocycles. The maximum absolute atomic E-state index is 12.3. The molecule has 27 heavy (non-hydrogen) atoms. The van der Waals surface area contributed by atoms with Crippen LogP contribution in [0.4, 0.5) is 0 Å². The molecule has 3 rings (SSSR count). The van der Waals surface area contributed by atoms with Crippen LogP contribution in [0.2, 0.25) is 0 Å². The van der Waals surface area contributed by atoms with Crippen molar-refractivity contribution in [3.8, 4) is 5.75 Å². The highest BCUT2D eigenvalue weighted by Crippen LogP contribution is 2.28. The lowest BCUT2D eigenvalue weighted by Gasteiger charge is -2.11. The predicted octanol–water partition coefficient (Wildman–Crippen LogP) is 5.24. The fourth-order valence-electron chi connectivity index (χ4n) is 2.40. The van der Waals surface area contributed by atoms with Crippen LogP contribution < -0.4 is 4.74 Å². The lowest BCUT2D eigenvalue weighted by Crippen LogP contribution is -2.06. The van der Waals surface area contributed by atoms with Crippen molar-refractivity contribution in [3.05, 3.63) is 94.0 Å². The Balaban J connectivity index is 1.67. The Kier molecular flexibility index (Phi) is 6.31. The van der Waals surface area contributed by atoms with Gasteiger partial charge < -0.3 is 4.74 Å². The van der Waals surface area contributed by atoms with Gasteiger partial charge in [-0.15, -0.1) is 0 Å². The molecule has 0 aliphatic carbocycles. The van der Waals surface area contributed by atoms with Crippen LogP contribution in [0.5, 0.6) is 5.75 Å². The van der Waals surface area contributed by atoms with Gasteiger partial charge in [-0.1, -0.05) is 54.1 Å². The van der Waals surface area contributed by atoms with Crippen LogP contribution in [-0.4, -0.2) is 8.42 Å². The third kappa shape index (κ3) is 5.42. The number of aryl methyl sites for hydroxylation is 1. The summed E-state index contributed by atoms with van der Waals surface area (Å²) in [5.74, 6) is 0.632. The summed E-state index contributed by atoms with van der Waals surface area (Å²) >= 11 is 3.45. The maximum Gasteiger partial charge on any atom is 0.297 e. The van der Waals surface area contributed by atoms with Crippen molar-refractivity contribution in [1.82, 2.24) is 0 Å². The van der Waals surface area contributed by atoms with Gasteiger partial charge in [-0.25, -0.2) is 0 Å². The van der Waals surface area contributed by atoms with Crippen LogP contribution in [0.25, 0.3) is 0 Å². The second-order valence-electron chi connectivity index (χ2n) is 6.07. The molecule has 0 spiro atoms. The second kappa shape index (κ2) is 8.69. The van der Waals surface area contributed by atoms with Crippen LogP contribution in [0.15, 0.2) is 82.2 Å². The molecule has 0 bridgehead atoms. The van der Waals surface area contributed by atoms with E-state index in [0.717, 1.165) is 15.6 Å². The van der Waals surface area contributed by atoms with E-state index in [2.05, 4.69) is 15.9 Å². The van der Waals surface area contributed by atoms with Crippen molar-refractivity contribution in [1.29, 1.82) is 0 Å². The van der Waals surface area contributed by atoms with E-state index < -0.39 is 10.1 Å².